The topological polar surface area (TPSA) is 49.2 Å². The van der Waals surface area contributed by atoms with Crippen molar-refractivity contribution in [1.82, 2.24) is 14.8 Å². The SMILES string of the molecule is [2H]c1nc(B2OC(C)(C)C(C)(C)O2)c([2H])c([2H])c1-n1nc(C([2H])([2H])[2H])c([2H])c1[2H]. The van der Waals surface area contributed by atoms with Crippen LogP contribution in [0.2, 0.25) is 0 Å². The van der Waals surface area contributed by atoms with Crippen molar-refractivity contribution in [1.29, 1.82) is 0 Å². The first kappa shape index (κ1) is 7.56. The number of aromatic nitrogens is 3. The van der Waals surface area contributed by atoms with Gasteiger partial charge in [-0.05, 0) is 52.7 Å². The molecule has 0 saturated carbocycles. The van der Waals surface area contributed by atoms with Crippen molar-refractivity contribution in [3.8, 4) is 5.69 Å². The molecule has 6 heteroatoms. The fourth-order valence-corrected chi connectivity index (χ4v) is 1.82. The molecule has 1 fully saturated rings. The molecule has 3 heterocycles. The van der Waals surface area contributed by atoms with E-state index in [-0.39, 0.29) is 11.3 Å². The second-order valence-corrected chi connectivity index (χ2v) is 5.79. The molecule has 3 rings (SSSR count). The highest BCUT2D eigenvalue weighted by Gasteiger charge is 2.52. The zero-order chi connectivity index (χ0) is 22.1. The maximum absolute atomic E-state index is 8.31. The standard InChI is InChI=1S/C15H20BN3O2/c1-11-8-9-19(18-11)12-6-7-13(17-10-12)16-20-14(2,3)15(4,5)21-16/h6-10H,1-5H3/i1D3,6D,7D,8D,9D,10D. The van der Waals surface area contributed by atoms with E-state index in [1.807, 2.05) is 27.7 Å². The van der Waals surface area contributed by atoms with Gasteiger partial charge < -0.3 is 9.31 Å². The Kier molecular flexibility index (Phi) is 1.68. The Bertz CT molecular complexity index is 973. The number of pyridine rings is 1. The molecule has 1 aliphatic rings. The van der Waals surface area contributed by atoms with Gasteiger partial charge in [0.2, 0.25) is 0 Å². The summed E-state index contributed by atoms with van der Waals surface area (Å²) in [6.07, 6.45) is -1.12. The van der Waals surface area contributed by atoms with Gasteiger partial charge in [-0.2, -0.15) is 5.10 Å². The van der Waals surface area contributed by atoms with E-state index in [9.17, 15) is 0 Å². The number of nitrogens with zero attached hydrogens (tertiary/aromatic N) is 3. The fourth-order valence-electron chi connectivity index (χ4n) is 1.82. The van der Waals surface area contributed by atoms with Gasteiger partial charge in [0.25, 0.3) is 0 Å². The summed E-state index contributed by atoms with van der Waals surface area (Å²) in [7, 11) is -1.06. The van der Waals surface area contributed by atoms with Crippen LogP contribution in [0.3, 0.4) is 0 Å². The Morgan fingerprint density at radius 2 is 1.90 bits per heavy atom. The van der Waals surface area contributed by atoms with Gasteiger partial charge in [-0.25, -0.2) is 4.68 Å². The Balaban J connectivity index is 2.14. The molecule has 0 spiro atoms. The molecule has 0 aliphatic carbocycles. The van der Waals surface area contributed by atoms with Gasteiger partial charge in [0.05, 0.1) is 41.2 Å². The molecule has 1 aliphatic heterocycles. The lowest BCUT2D eigenvalue weighted by molar-refractivity contribution is 0.00578. The second kappa shape index (κ2) is 4.68. The average molecular weight is 293 g/mol. The molecule has 0 amide bonds. The quantitative estimate of drug-likeness (QED) is 0.793. The summed E-state index contributed by atoms with van der Waals surface area (Å²) in [6.45, 7) is 4.53. The highest BCUT2D eigenvalue weighted by molar-refractivity contribution is 6.61. The van der Waals surface area contributed by atoms with Crippen molar-refractivity contribution in [3.63, 3.8) is 0 Å². The van der Waals surface area contributed by atoms with Crippen LogP contribution in [0.15, 0.2) is 30.5 Å². The average Bonchev–Trinajstić information content (AvgIpc) is 2.97. The number of aryl methyl sites for hydroxylation is 1. The number of hydrogen-bond acceptors (Lipinski definition) is 4. The molecule has 0 N–H and O–H groups in total. The van der Waals surface area contributed by atoms with Crippen molar-refractivity contribution < 1.29 is 20.3 Å². The monoisotopic (exact) mass is 293 g/mol. The van der Waals surface area contributed by atoms with Crippen molar-refractivity contribution in [2.24, 2.45) is 0 Å². The summed E-state index contributed by atoms with van der Waals surface area (Å²) in [5.74, 6) is 0. The molecule has 0 bridgehead atoms. The third kappa shape index (κ3) is 2.49. The summed E-state index contributed by atoms with van der Waals surface area (Å²) in [5.41, 5.74) is -2.46. The van der Waals surface area contributed by atoms with Crippen molar-refractivity contribution in [3.05, 3.63) is 36.2 Å². The van der Waals surface area contributed by atoms with Crippen LogP contribution in [-0.2, 0) is 9.31 Å². The van der Waals surface area contributed by atoms with Crippen LogP contribution in [-0.4, -0.2) is 33.1 Å². The largest absolute Gasteiger partial charge is 0.514 e. The first-order valence-corrected chi connectivity index (χ1v) is 6.49. The Labute approximate surface area is 136 Å². The Morgan fingerprint density at radius 3 is 2.52 bits per heavy atom. The van der Waals surface area contributed by atoms with E-state index in [4.69, 9.17) is 20.3 Å². The number of hydrogen-bond donors (Lipinski definition) is 0. The molecular weight excluding hydrogens is 265 g/mol. The summed E-state index contributed by atoms with van der Waals surface area (Å²) in [5, 5.41) is 3.74. The Hall–Kier alpha value is -1.66. The van der Waals surface area contributed by atoms with Crippen molar-refractivity contribution >= 4 is 12.7 Å². The molecular formula is C15H20BN3O2. The van der Waals surface area contributed by atoms with E-state index in [0.717, 1.165) is 0 Å². The van der Waals surface area contributed by atoms with Crippen LogP contribution in [0.4, 0.5) is 0 Å². The number of rotatable bonds is 2. The lowest BCUT2D eigenvalue weighted by Gasteiger charge is -2.32. The maximum Gasteiger partial charge on any atom is 0.514 e. The van der Waals surface area contributed by atoms with Gasteiger partial charge in [0.1, 0.15) is 0 Å². The second-order valence-electron chi connectivity index (χ2n) is 5.79. The van der Waals surface area contributed by atoms with E-state index in [1.165, 1.54) is 0 Å². The lowest BCUT2D eigenvalue weighted by atomic mass is 9.84. The van der Waals surface area contributed by atoms with Crippen LogP contribution in [0.25, 0.3) is 5.69 Å². The third-order valence-electron chi connectivity index (χ3n) is 3.76. The van der Waals surface area contributed by atoms with E-state index in [1.54, 1.807) is 0 Å². The van der Waals surface area contributed by atoms with E-state index < -0.39 is 61.3 Å². The van der Waals surface area contributed by atoms with Crippen LogP contribution in [0.5, 0.6) is 0 Å². The van der Waals surface area contributed by atoms with Gasteiger partial charge in [-0.3, -0.25) is 4.98 Å². The van der Waals surface area contributed by atoms with Gasteiger partial charge in [0, 0.05) is 10.3 Å². The predicted molar refractivity (Wildman–Crippen MR) is 81.8 cm³/mol. The zero-order valence-corrected chi connectivity index (χ0v) is 12.2. The molecule has 5 nitrogen and oxygen atoms in total. The van der Waals surface area contributed by atoms with E-state index >= 15 is 0 Å². The molecule has 21 heavy (non-hydrogen) atoms. The van der Waals surface area contributed by atoms with E-state index in [2.05, 4.69) is 10.1 Å². The molecule has 2 aromatic rings. The molecule has 1 saturated heterocycles. The van der Waals surface area contributed by atoms with Gasteiger partial charge in [-0.1, -0.05) is 0 Å². The van der Waals surface area contributed by atoms with Gasteiger partial charge in [0.15, 0.2) is 0 Å². The van der Waals surface area contributed by atoms with E-state index in [0.29, 0.717) is 4.68 Å². The molecule has 0 atom stereocenters. The molecule has 110 valence electrons. The van der Waals surface area contributed by atoms with Crippen LogP contribution in [0.1, 0.15) is 44.4 Å². The molecule has 2 aromatic heterocycles. The molecule has 0 aromatic carbocycles. The highest BCUT2D eigenvalue weighted by Crippen LogP contribution is 2.36. The van der Waals surface area contributed by atoms with Gasteiger partial charge in [-0.15, -0.1) is 0 Å². The summed E-state index contributed by atoms with van der Waals surface area (Å²) < 4.78 is 75.3. The predicted octanol–water partition coefficient (Wildman–Crippen LogP) is 1.87. The van der Waals surface area contributed by atoms with Crippen LogP contribution >= 0.6 is 0 Å². The third-order valence-corrected chi connectivity index (χ3v) is 3.76. The summed E-state index contributed by atoms with van der Waals surface area (Å²) >= 11 is 0. The fraction of sp³-hybridized carbons (Fsp3) is 0.467. The zero-order valence-electron chi connectivity index (χ0n) is 20.2. The Morgan fingerprint density at radius 1 is 1.19 bits per heavy atom. The maximum atomic E-state index is 8.31. The van der Waals surface area contributed by atoms with Crippen LogP contribution in [0, 0.1) is 6.85 Å². The minimum atomic E-state index is -2.73. The minimum Gasteiger partial charge on any atom is -0.398 e. The van der Waals surface area contributed by atoms with Crippen molar-refractivity contribution in [2.45, 2.75) is 45.7 Å². The smallest absolute Gasteiger partial charge is 0.398 e. The van der Waals surface area contributed by atoms with Gasteiger partial charge >= 0.3 is 7.12 Å². The molecule has 0 radical (unpaired) electrons. The first-order chi connectivity index (χ1) is 13.1. The minimum absolute atomic E-state index is 0.0665. The van der Waals surface area contributed by atoms with Crippen LogP contribution < -0.4 is 5.59 Å². The molecule has 0 unspecified atom stereocenters. The highest BCUT2D eigenvalue weighted by atomic mass is 16.7. The summed E-state index contributed by atoms with van der Waals surface area (Å²) in [6, 6.07) is -1.53. The van der Waals surface area contributed by atoms with Crippen molar-refractivity contribution in [2.75, 3.05) is 0 Å². The first-order valence-electron chi connectivity index (χ1n) is 10.5. The normalized spacial score (nSPS) is 26.0. The lowest BCUT2D eigenvalue weighted by Crippen LogP contribution is -2.41. The summed E-state index contributed by atoms with van der Waals surface area (Å²) in [4.78, 5) is 4.03.